The molecular formula is C15H16N4O. The Hall–Kier alpha value is -2.43. The maximum absolute atomic E-state index is 11.1. The van der Waals surface area contributed by atoms with Gasteiger partial charge in [-0.3, -0.25) is 4.79 Å². The van der Waals surface area contributed by atoms with Crippen molar-refractivity contribution < 1.29 is 4.79 Å². The fraction of sp³-hybridized carbons (Fsp3) is 0.267. The molecule has 1 saturated heterocycles. The number of nitrogens with one attached hydrogen (secondary N) is 2. The molecule has 0 unspecified atom stereocenters. The first-order valence-electron chi connectivity index (χ1n) is 6.73. The normalized spacial score (nSPS) is 17.8. The van der Waals surface area contributed by atoms with E-state index in [-0.39, 0.29) is 11.9 Å². The third-order valence-electron chi connectivity index (χ3n) is 3.35. The Morgan fingerprint density at radius 1 is 1.15 bits per heavy atom. The van der Waals surface area contributed by atoms with Gasteiger partial charge in [-0.25, -0.2) is 0 Å². The summed E-state index contributed by atoms with van der Waals surface area (Å²) in [4.78, 5) is 11.1. The Morgan fingerprint density at radius 2 is 2.00 bits per heavy atom. The van der Waals surface area contributed by atoms with Crippen LogP contribution >= 0.6 is 0 Å². The fourth-order valence-electron chi connectivity index (χ4n) is 2.25. The van der Waals surface area contributed by atoms with E-state index in [1.807, 2.05) is 42.5 Å². The number of rotatable bonds is 4. The molecule has 1 aromatic heterocycles. The van der Waals surface area contributed by atoms with E-state index < -0.39 is 0 Å². The van der Waals surface area contributed by atoms with Crippen LogP contribution in [-0.4, -0.2) is 28.7 Å². The molecule has 5 nitrogen and oxygen atoms in total. The van der Waals surface area contributed by atoms with Crippen molar-refractivity contribution in [2.24, 2.45) is 0 Å². The van der Waals surface area contributed by atoms with Gasteiger partial charge in [-0.15, -0.1) is 10.2 Å². The van der Waals surface area contributed by atoms with Crippen molar-refractivity contribution in [2.75, 3.05) is 11.9 Å². The molecule has 1 aliphatic heterocycles. The lowest BCUT2D eigenvalue weighted by molar-refractivity contribution is -0.119. The number of aromatic nitrogens is 2. The van der Waals surface area contributed by atoms with Gasteiger partial charge in [0.05, 0.1) is 5.69 Å². The number of hydrogen-bond donors (Lipinski definition) is 2. The smallest absolute Gasteiger partial charge is 0.220 e. The van der Waals surface area contributed by atoms with E-state index in [9.17, 15) is 4.79 Å². The molecule has 1 aromatic carbocycles. The first-order chi connectivity index (χ1) is 9.81. The van der Waals surface area contributed by atoms with Crippen molar-refractivity contribution in [1.29, 1.82) is 0 Å². The molecule has 20 heavy (non-hydrogen) atoms. The second-order valence-electron chi connectivity index (χ2n) is 4.85. The third kappa shape index (κ3) is 2.93. The van der Waals surface area contributed by atoms with Gasteiger partial charge in [0.15, 0.2) is 0 Å². The zero-order valence-corrected chi connectivity index (χ0v) is 11.0. The van der Waals surface area contributed by atoms with E-state index in [1.54, 1.807) is 0 Å². The molecule has 0 aliphatic carbocycles. The Bertz CT molecular complexity index is 583. The molecule has 2 N–H and O–H groups in total. The Balaban J connectivity index is 1.60. The van der Waals surface area contributed by atoms with Gasteiger partial charge in [-0.2, -0.15) is 0 Å². The van der Waals surface area contributed by atoms with Crippen LogP contribution in [0.4, 0.5) is 5.82 Å². The topological polar surface area (TPSA) is 66.9 Å². The average molecular weight is 268 g/mol. The van der Waals surface area contributed by atoms with Gasteiger partial charge in [0.2, 0.25) is 5.91 Å². The molecule has 1 aliphatic rings. The standard InChI is InChI=1S/C15H16N4O/c20-15-9-6-12(17-15)10-16-14-8-7-13(18-19-14)11-4-2-1-3-5-11/h1-5,7-8,12H,6,9-10H2,(H,16,19)(H,17,20)/t12-/m1/s1. The van der Waals surface area contributed by atoms with Gasteiger partial charge in [-0.05, 0) is 18.6 Å². The number of benzene rings is 1. The highest BCUT2D eigenvalue weighted by molar-refractivity contribution is 5.78. The van der Waals surface area contributed by atoms with Crippen molar-refractivity contribution in [3.05, 3.63) is 42.5 Å². The average Bonchev–Trinajstić information content (AvgIpc) is 2.92. The van der Waals surface area contributed by atoms with Gasteiger partial charge >= 0.3 is 0 Å². The van der Waals surface area contributed by atoms with Gasteiger partial charge < -0.3 is 10.6 Å². The lowest BCUT2D eigenvalue weighted by Crippen LogP contribution is -2.32. The van der Waals surface area contributed by atoms with Crippen molar-refractivity contribution >= 4 is 11.7 Å². The second kappa shape index (κ2) is 5.69. The van der Waals surface area contributed by atoms with Crippen molar-refractivity contribution in [2.45, 2.75) is 18.9 Å². The molecule has 1 atom stereocenters. The van der Waals surface area contributed by atoms with E-state index in [2.05, 4.69) is 20.8 Å². The number of carbonyl (C=O) groups is 1. The van der Waals surface area contributed by atoms with Crippen LogP contribution in [0.25, 0.3) is 11.3 Å². The molecular weight excluding hydrogens is 252 g/mol. The Kier molecular flexibility index (Phi) is 3.58. The molecule has 0 radical (unpaired) electrons. The number of carbonyl (C=O) groups excluding carboxylic acids is 1. The molecule has 102 valence electrons. The van der Waals surface area contributed by atoms with Crippen LogP contribution in [0.5, 0.6) is 0 Å². The molecule has 1 fully saturated rings. The van der Waals surface area contributed by atoms with Crippen LogP contribution in [0.15, 0.2) is 42.5 Å². The first-order valence-corrected chi connectivity index (χ1v) is 6.73. The maximum atomic E-state index is 11.1. The molecule has 2 heterocycles. The highest BCUT2D eigenvalue weighted by Gasteiger charge is 2.20. The largest absolute Gasteiger partial charge is 0.367 e. The van der Waals surface area contributed by atoms with E-state index in [4.69, 9.17) is 0 Å². The summed E-state index contributed by atoms with van der Waals surface area (Å²) >= 11 is 0. The monoisotopic (exact) mass is 268 g/mol. The van der Waals surface area contributed by atoms with Crippen molar-refractivity contribution in [1.82, 2.24) is 15.5 Å². The maximum Gasteiger partial charge on any atom is 0.220 e. The third-order valence-corrected chi connectivity index (χ3v) is 3.35. The van der Waals surface area contributed by atoms with Crippen molar-refractivity contribution in [3.63, 3.8) is 0 Å². The van der Waals surface area contributed by atoms with E-state index in [1.165, 1.54) is 0 Å². The molecule has 2 aromatic rings. The highest BCUT2D eigenvalue weighted by Crippen LogP contribution is 2.16. The quantitative estimate of drug-likeness (QED) is 0.888. The van der Waals surface area contributed by atoms with E-state index in [0.29, 0.717) is 13.0 Å². The molecule has 0 saturated carbocycles. The summed E-state index contributed by atoms with van der Waals surface area (Å²) in [6, 6.07) is 14.0. The Morgan fingerprint density at radius 3 is 2.65 bits per heavy atom. The second-order valence-corrected chi connectivity index (χ2v) is 4.85. The number of amides is 1. The zero-order valence-electron chi connectivity index (χ0n) is 11.0. The molecule has 1 amide bonds. The van der Waals surface area contributed by atoms with Gasteiger partial charge in [0, 0.05) is 24.6 Å². The molecule has 0 spiro atoms. The summed E-state index contributed by atoms with van der Waals surface area (Å²) in [5.74, 6) is 0.855. The summed E-state index contributed by atoms with van der Waals surface area (Å²) in [5, 5.41) is 14.5. The van der Waals surface area contributed by atoms with Crippen LogP contribution in [-0.2, 0) is 4.79 Å². The molecule has 5 heteroatoms. The van der Waals surface area contributed by atoms with Crippen LogP contribution in [0.3, 0.4) is 0 Å². The fourth-order valence-corrected chi connectivity index (χ4v) is 2.25. The minimum atomic E-state index is 0.127. The van der Waals surface area contributed by atoms with E-state index in [0.717, 1.165) is 23.5 Å². The van der Waals surface area contributed by atoms with Gasteiger partial charge in [0.1, 0.15) is 5.82 Å². The van der Waals surface area contributed by atoms with Crippen LogP contribution < -0.4 is 10.6 Å². The van der Waals surface area contributed by atoms with Crippen LogP contribution in [0.1, 0.15) is 12.8 Å². The lowest BCUT2D eigenvalue weighted by atomic mass is 10.1. The van der Waals surface area contributed by atoms with E-state index >= 15 is 0 Å². The summed E-state index contributed by atoms with van der Waals surface area (Å²) in [5.41, 5.74) is 1.90. The first kappa shape index (κ1) is 12.6. The summed E-state index contributed by atoms with van der Waals surface area (Å²) in [6.45, 7) is 0.686. The van der Waals surface area contributed by atoms with Crippen molar-refractivity contribution in [3.8, 4) is 11.3 Å². The predicted octanol–water partition coefficient (Wildman–Crippen LogP) is 1.83. The number of hydrogen-bond acceptors (Lipinski definition) is 4. The highest BCUT2D eigenvalue weighted by atomic mass is 16.1. The minimum Gasteiger partial charge on any atom is -0.367 e. The molecule has 3 rings (SSSR count). The van der Waals surface area contributed by atoms with Gasteiger partial charge in [-0.1, -0.05) is 30.3 Å². The number of anilines is 1. The molecule has 0 bridgehead atoms. The van der Waals surface area contributed by atoms with Crippen LogP contribution in [0.2, 0.25) is 0 Å². The Labute approximate surface area is 117 Å². The summed E-state index contributed by atoms with van der Waals surface area (Å²) in [6.07, 6.45) is 1.49. The SMILES string of the molecule is O=C1CC[C@H](CNc2ccc(-c3ccccc3)nn2)N1. The summed E-state index contributed by atoms with van der Waals surface area (Å²) in [7, 11) is 0. The predicted molar refractivity (Wildman–Crippen MR) is 77.1 cm³/mol. The van der Waals surface area contributed by atoms with Gasteiger partial charge in [0.25, 0.3) is 0 Å². The zero-order chi connectivity index (χ0) is 13.8. The minimum absolute atomic E-state index is 0.127. The van der Waals surface area contributed by atoms with Crippen LogP contribution in [0, 0.1) is 0 Å². The lowest BCUT2D eigenvalue weighted by Gasteiger charge is -2.11. The summed E-state index contributed by atoms with van der Waals surface area (Å²) < 4.78 is 0. The number of nitrogens with zero attached hydrogens (tertiary/aromatic N) is 2.